The van der Waals surface area contributed by atoms with E-state index in [9.17, 15) is 0 Å². The third kappa shape index (κ3) is 10.3. The fourth-order valence-corrected chi connectivity index (χ4v) is 2.21. The van der Waals surface area contributed by atoms with Gasteiger partial charge in [-0.05, 0) is 0 Å². The SMILES string of the molecule is CCCCO[C]([SnH])(OCCCC)OCCCC. The van der Waals surface area contributed by atoms with Crippen LogP contribution >= 0.6 is 0 Å². The Bertz CT molecular complexity index is 138. The van der Waals surface area contributed by atoms with Gasteiger partial charge in [-0.15, -0.1) is 0 Å². The third-order valence-corrected chi connectivity index (χ3v) is 3.83. The van der Waals surface area contributed by atoms with Crippen molar-refractivity contribution in [2.75, 3.05) is 19.8 Å². The molecule has 4 heteroatoms. The van der Waals surface area contributed by atoms with Crippen molar-refractivity contribution in [3.8, 4) is 0 Å². The monoisotopic (exact) mass is 352 g/mol. The van der Waals surface area contributed by atoms with Crippen LogP contribution in [-0.4, -0.2) is 46.3 Å². The first-order chi connectivity index (χ1) is 8.18. The first-order valence-electron chi connectivity index (χ1n) is 6.89. The number of rotatable bonds is 12. The van der Waals surface area contributed by atoms with Crippen molar-refractivity contribution in [3.63, 3.8) is 0 Å². The van der Waals surface area contributed by atoms with Gasteiger partial charge < -0.3 is 0 Å². The predicted molar refractivity (Wildman–Crippen MR) is 72.5 cm³/mol. The van der Waals surface area contributed by atoms with E-state index in [2.05, 4.69) is 20.8 Å². The van der Waals surface area contributed by atoms with E-state index in [0.717, 1.165) is 80.9 Å². The molecule has 0 heterocycles. The number of ether oxygens (including phenoxy) is 3. The molecule has 3 nitrogen and oxygen atoms in total. The maximum absolute atomic E-state index is 5.78. The van der Waals surface area contributed by atoms with Gasteiger partial charge in [-0.3, -0.25) is 0 Å². The van der Waals surface area contributed by atoms with Gasteiger partial charge in [-0.2, -0.15) is 0 Å². The summed E-state index contributed by atoms with van der Waals surface area (Å²) in [7, 11) is 0. The molecular formula is C13H28O3Sn. The second-order valence-corrected chi connectivity index (χ2v) is 6.23. The van der Waals surface area contributed by atoms with Crippen molar-refractivity contribution in [1.29, 1.82) is 0 Å². The summed E-state index contributed by atoms with van der Waals surface area (Å²) < 4.78 is 16.6. The number of unbranched alkanes of at least 4 members (excludes halogenated alkanes) is 3. The Balaban J connectivity index is 3.95. The molecule has 0 aromatic rings. The zero-order valence-electron chi connectivity index (χ0n) is 11.7. The Morgan fingerprint density at radius 3 is 1.24 bits per heavy atom. The van der Waals surface area contributed by atoms with Gasteiger partial charge in [-0.1, -0.05) is 0 Å². The summed E-state index contributed by atoms with van der Waals surface area (Å²) in [4.78, 5) is 0. The average Bonchev–Trinajstić information content (AvgIpc) is 2.30. The average molecular weight is 351 g/mol. The zero-order valence-corrected chi connectivity index (χ0v) is 15.0. The second kappa shape index (κ2) is 11.8. The van der Waals surface area contributed by atoms with Gasteiger partial charge in [0, 0.05) is 0 Å². The summed E-state index contributed by atoms with van der Waals surface area (Å²) in [5, 5.41) is 0. The van der Waals surface area contributed by atoms with Gasteiger partial charge in [-0.25, -0.2) is 0 Å². The second-order valence-electron chi connectivity index (χ2n) is 4.21. The summed E-state index contributed by atoms with van der Waals surface area (Å²) in [5.41, 5.74) is 0. The summed E-state index contributed by atoms with van der Waals surface area (Å²) in [6, 6.07) is 0. The normalized spacial score (nSPS) is 12.0. The van der Waals surface area contributed by atoms with Gasteiger partial charge in [0.15, 0.2) is 0 Å². The van der Waals surface area contributed by atoms with Crippen molar-refractivity contribution in [3.05, 3.63) is 0 Å². The summed E-state index contributed by atoms with van der Waals surface area (Å²) in [5.74, 6) is 0. The Kier molecular flexibility index (Phi) is 12.2. The van der Waals surface area contributed by atoms with E-state index in [1.54, 1.807) is 0 Å². The first-order valence-corrected chi connectivity index (χ1v) is 8.54. The first kappa shape index (κ1) is 17.7. The molecular weight excluding hydrogens is 323 g/mol. The summed E-state index contributed by atoms with van der Waals surface area (Å²) in [6.45, 7) is 8.68. The van der Waals surface area contributed by atoms with Crippen LogP contribution in [0.15, 0.2) is 0 Å². The molecule has 102 valence electrons. The summed E-state index contributed by atoms with van der Waals surface area (Å²) in [6.07, 6.45) is 6.62. The topological polar surface area (TPSA) is 27.7 Å². The van der Waals surface area contributed by atoms with Crippen molar-refractivity contribution >= 4 is 22.5 Å². The molecule has 0 saturated heterocycles. The number of hydrogen-bond donors (Lipinski definition) is 0. The standard InChI is InChI=1S/C13H27O3.Sn.H/c1-4-7-10-14-13(15-11-8-5-2)16-12-9-6-3;;/h4-12H2,1-3H3;;. The van der Waals surface area contributed by atoms with Crippen molar-refractivity contribution in [2.45, 2.75) is 63.3 Å². The molecule has 0 saturated carbocycles. The minimum atomic E-state index is -0.718. The third-order valence-electron chi connectivity index (χ3n) is 2.40. The van der Waals surface area contributed by atoms with E-state index in [4.69, 9.17) is 14.2 Å². The molecule has 0 aliphatic carbocycles. The van der Waals surface area contributed by atoms with Gasteiger partial charge in [0.1, 0.15) is 0 Å². The van der Waals surface area contributed by atoms with Crippen LogP contribution in [0.25, 0.3) is 0 Å². The van der Waals surface area contributed by atoms with E-state index in [-0.39, 0.29) is 0 Å². The zero-order chi connectivity index (χ0) is 13.0. The molecule has 17 heavy (non-hydrogen) atoms. The van der Waals surface area contributed by atoms with Gasteiger partial charge in [0.25, 0.3) is 0 Å². The van der Waals surface area contributed by atoms with Crippen molar-refractivity contribution < 1.29 is 14.2 Å². The summed E-state index contributed by atoms with van der Waals surface area (Å²) >= 11 is 0.825. The van der Waals surface area contributed by atoms with Crippen LogP contribution in [0.4, 0.5) is 0 Å². The molecule has 0 aromatic carbocycles. The van der Waals surface area contributed by atoms with E-state index < -0.39 is 3.99 Å². The van der Waals surface area contributed by atoms with Crippen LogP contribution in [0.5, 0.6) is 0 Å². The molecule has 0 rings (SSSR count). The Morgan fingerprint density at radius 1 is 0.706 bits per heavy atom. The maximum atomic E-state index is 5.78. The number of hydrogen-bond acceptors (Lipinski definition) is 3. The predicted octanol–water partition coefficient (Wildman–Crippen LogP) is 2.95. The molecule has 0 bridgehead atoms. The Hall–Kier alpha value is 0.679. The van der Waals surface area contributed by atoms with Crippen LogP contribution in [0.1, 0.15) is 59.3 Å². The fraction of sp³-hybridized carbons (Fsp3) is 1.00. The van der Waals surface area contributed by atoms with Gasteiger partial charge in [0.2, 0.25) is 0 Å². The molecule has 0 amide bonds. The molecule has 0 aromatic heterocycles. The quantitative estimate of drug-likeness (QED) is 0.307. The van der Waals surface area contributed by atoms with Crippen molar-refractivity contribution in [1.82, 2.24) is 0 Å². The molecule has 2 radical (unpaired) electrons. The van der Waals surface area contributed by atoms with Gasteiger partial charge >= 0.3 is 120 Å². The van der Waals surface area contributed by atoms with E-state index in [1.165, 1.54) is 0 Å². The van der Waals surface area contributed by atoms with Crippen molar-refractivity contribution in [2.24, 2.45) is 0 Å². The molecule has 0 aliphatic rings. The molecule has 0 N–H and O–H groups in total. The molecule has 0 spiro atoms. The van der Waals surface area contributed by atoms with E-state index in [1.807, 2.05) is 0 Å². The minimum absolute atomic E-state index is 0.718. The van der Waals surface area contributed by atoms with Crippen LogP contribution in [0, 0.1) is 0 Å². The van der Waals surface area contributed by atoms with E-state index in [0.29, 0.717) is 0 Å². The van der Waals surface area contributed by atoms with Gasteiger partial charge in [0.05, 0.1) is 0 Å². The Labute approximate surface area is 120 Å². The van der Waals surface area contributed by atoms with Crippen LogP contribution in [0.2, 0.25) is 0 Å². The molecule has 0 fully saturated rings. The molecule has 0 unspecified atom stereocenters. The molecule has 0 atom stereocenters. The van der Waals surface area contributed by atoms with E-state index >= 15 is 0 Å². The van der Waals surface area contributed by atoms with Crippen LogP contribution < -0.4 is 0 Å². The molecule has 0 aliphatic heterocycles. The Morgan fingerprint density at radius 2 is 1.00 bits per heavy atom. The van der Waals surface area contributed by atoms with Crippen LogP contribution in [0.3, 0.4) is 0 Å². The fourth-order valence-electron chi connectivity index (χ4n) is 1.20. The van der Waals surface area contributed by atoms with Crippen LogP contribution in [-0.2, 0) is 14.2 Å².